The Kier molecular flexibility index (Phi) is 4.21. The number of nitrogens with one attached hydrogen (secondary N) is 1. The van der Waals surface area contributed by atoms with Crippen LogP contribution in [-0.4, -0.2) is 25.1 Å². The summed E-state index contributed by atoms with van der Waals surface area (Å²) in [6.07, 6.45) is 2.67. The molecule has 1 aliphatic carbocycles. The lowest BCUT2D eigenvalue weighted by Crippen LogP contribution is -2.30. The van der Waals surface area contributed by atoms with E-state index in [9.17, 15) is 4.79 Å². The molecule has 18 heavy (non-hydrogen) atoms. The summed E-state index contributed by atoms with van der Waals surface area (Å²) >= 11 is 0. The number of carbonyl (C=O) groups is 1. The minimum Gasteiger partial charge on any atom is -0.490 e. The number of hydrogen-bond donors (Lipinski definition) is 2. The van der Waals surface area contributed by atoms with Gasteiger partial charge >= 0.3 is 0 Å². The van der Waals surface area contributed by atoms with Gasteiger partial charge in [-0.15, -0.1) is 0 Å². The minimum atomic E-state index is -0.199. The second kappa shape index (κ2) is 6.08. The maximum atomic E-state index is 10.9. The average molecular weight is 244 g/mol. The molecule has 94 valence electrons. The highest BCUT2D eigenvalue weighted by atomic mass is 16.5. The molecule has 4 heteroatoms. The number of benzene rings is 1. The predicted octanol–water partition coefficient (Wildman–Crippen LogP) is 0.654. The van der Waals surface area contributed by atoms with Crippen LogP contribution >= 0.6 is 0 Å². The number of nitrogens with two attached hydrogens (primary N) is 1. The Hall–Kier alpha value is -1.99. The van der Waals surface area contributed by atoms with Crippen molar-refractivity contribution in [3.63, 3.8) is 0 Å². The zero-order valence-electron chi connectivity index (χ0n) is 10.1. The number of ether oxygens (including phenoxy) is 1. The van der Waals surface area contributed by atoms with Gasteiger partial charge in [0.05, 0.1) is 19.2 Å². The van der Waals surface area contributed by atoms with Gasteiger partial charge in [0, 0.05) is 5.56 Å². The topological polar surface area (TPSA) is 64.4 Å². The first-order chi connectivity index (χ1) is 8.78. The van der Waals surface area contributed by atoms with Crippen LogP contribution in [0.25, 0.3) is 0 Å². The third-order valence-electron chi connectivity index (χ3n) is 2.45. The Bertz CT molecular complexity index is 484. The van der Waals surface area contributed by atoms with Crippen molar-refractivity contribution in [1.82, 2.24) is 5.32 Å². The van der Waals surface area contributed by atoms with Gasteiger partial charge in [-0.05, 0) is 31.0 Å². The Balaban J connectivity index is 1.87. The highest BCUT2D eigenvalue weighted by Crippen LogP contribution is 2.26. The van der Waals surface area contributed by atoms with Crippen LogP contribution in [0, 0.1) is 11.8 Å². The molecule has 1 aromatic carbocycles. The van der Waals surface area contributed by atoms with Crippen LogP contribution in [0.5, 0.6) is 5.75 Å². The molecule has 4 nitrogen and oxygen atoms in total. The van der Waals surface area contributed by atoms with Crippen molar-refractivity contribution in [3.05, 3.63) is 29.8 Å². The molecule has 0 atom stereocenters. The average Bonchev–Trinajstić information content (AvgIpc) is 3.19. The molecule has 0 aliphatic heterocycles. The second-order valence-electron chi connectivity index (χ2n) is 4.13. The summed E-state index contributed by atoms with van der Waals surface area (Å²) in [5, 5.41) is 2.59. The van der Waals surface area contributed by atoms with E-state index in [1.54, 1.807) is 0 Å². The van der Waals surface area contributed by atoms with E-state index in [1.807, 2.05) is 24.3 Å². The highest BCUT2D eigenvalue weighted by molar-refractivity contribution is 5.77. The molecular formula is C14H16N2O2. The first-order valence-corrected chi connectivity index (χ1v) is 6.00. The van der Waals surface area contributed by atoms with Crippen molar-refractivity contribution in [3.8, 4) is 17.6 Å². The molecule has 3 N–H and O–H groups in total. The van der Waals surface area contributed by atoms with Crippen molar-refractivity contribution in [2.45, 2.75) is 18.9 Å². The molecule has 1 fully saturated rings. The van der Waals surface area contributed by atoms with Crippen LogP contribution < -0.4 is 15.8 Å². The van der Waals surface area contributed by atoms with E-state index in [2.05, 4.69) is 17.2 Å². The molecule has 1 amide bonds. The predicted molar refractivity (Wildman–Crippen MR) is 69.0 cm³/mol. The summed E-state index contributed by atoms with van der Waals surface area (Å²) in [5.41, 5.74) is 6.05. The van der Waals surface area contributed by atoms with E-state index in [1.165, 1.54) is 0 Å². The SMILES string of the molecule is NCC(=O)NCC#Cc1cccc(OC2CC2)c1. The zero-order chi connectivity index (χ0) is 12.8. The minimum absolute atomic E-state index is 0.00755. The molecule has 0 saturated heterocycles. The molecule has 1 aromatic rings. The molecule has 0 aromatic heterocycles. The zero-order valence-corrected chi connectivity index (χ0v) is 10.1. The van der Waals surface area contributed by atoms with Crippen LogP contribution in [0.1, 0.15) is 18.4 Å². The summed E-state index contributed by atoms with van der Waals surface area (Å²) in [4.78, 5) is 10.9. The summed E-state index contributed by atoms with van der Waals surface area (Å²) < 4.78 is 5.67. The van der Waals surface area contributed by atoms with Gasteiger partial charge in [0.2, 0.25) is 5.91 Å². The summed E-state index contributed by atoms with van der Waals surface area (Å²) in [7, 11) is 0. The lowest BCUT2D eigenvalue weighted by atomic mass is 10.2. The lowest BCUT2D eigenvalue weighted by molar-refractivity contribution is -0.119. The maximum Gasteiger partial charge on any atom is 0.234 e. The van der Waals surface area contributed by atoms with Crippen molar-refractivity contribution in [2.24, 2.45) is 5.73 Å². The van der Waals surface area contributed by atoms with Gasteiger partial charge in [0.15, 0.2) is 0 Å². The molecule has 1 saturated carbocycles. The summed E-state index contributed by atoms with van der Waals surface area (Å²) in [6, 6.07) is 7.67. The fourth-order valence-electron chi connectivity index (χ4n) is 1.39. The smallest absolute Gasteiger partial charge is 0.234 e. The monoisotopic (exact) mass is 244 g/mol. The third-order valence-corrected chi connectivity index (χ3v) is 2.45. The molecule has 0 spiro atoms. The lowest BCUT2D eigenvalue weighted by Gasteiger charge is -2.03. The largest absolute Gasteiger partial charge is 0.490 e. The van der Waals surface area contributed by atoms with Crippen LogP contribution in [0.2, 0.25) is 0 Å². The number of rotatable bonds is 4. The summed E-state index contributed by atoms with van der Waals surface area (Å²) in [5.74, 6) is 6.50. The fourth-order valence-corrected chi connectivity index (χ4v) is 1.39. The van der Waals surface area contributed by atoms with Crippen LogP contribution in [-0.2, 0) is 4.79 Å². The van der Waals surface area contributed by atoms with Gasteiger partial charge in [-0.3, -0.25) is 4.79 Å². The second-order valence-corrected chi connectivity index (χ2v) is 4.13. The number of hydrogen-bond acceptors (Lipinski definition) is 3. The van der Waals surface area contributed by atoms with Crippen LogP contribution in [0.4, 0.5) is 0 Å². The van der Waals surface area contributed by atoms with Crippen LogP contribution in [0.3, 0.4) is 0 Å². The van der Waals surface area contributed by atoms with Gasteiger partial charge in [0.25, 0.3) is 0 Å². The molecule has 0 bridgehead atoms. The van der Waals surface area contributed by atoms with Crippen molar-refractivity contribution in [1.29, 1.82) is 0 Å². The van der Waals surface area contributed by atoms with Gasteiger partial charge in [-0.1, -0.05) is 17.9 Å². The third kappa shape index (κ3) is 4.11. The molecule has 0 radical (unpaired) electrons. The first-order valence-electron chi connectivity index (χ1n) is 6.00. The van der Waals surface area contributed by atoms with Crippen molar-refractivity contribution < 1.29 is 9.53 Å². The van der Waals surface area contributed by atoms with E-state index in [0.717, 1.165) is 24.2 Å². The normalized spacial score (nSPS) is 13.4. The van der Waals surface area contributed by atoms with Gasteiger partial charge in [-0.25, -0.2) is 0 Å². The van der Waals surface area contributed by atoms with E-state index < -0.39 is 0 Å². The van der Waals surface area contributed by atoms with E-state index >= 15 is 0 Å². The Morgan fingerprint density at radius 3 is 3.06 bits per heavy atom. The first kappa shape index (κ1) is 12.5. The Morgan fingerprint density at radius 1 is 1.50 bits per heavy atom. The molecule has 0 heterocycles. The van der Waals surface area contributed by atoms with Crippen molar-refractivity contribution in [2.75, 3.05) is 13.1 Å². The van der Waals surface area contributed by atoms with Gasteiger partial charge in [0.1, 0.15) is 5.75 Å². The van der Waals surface area contributed by atoms with E-state index in [-0.39, 0.29) is 12.5 Å². The quantitative estimate of drug-likeness (QED) is 0.764. The molecular weight excluding hydrogens is 228 g/mol. The molecule has 0 unspecified atom stereocenters. The maximum absolute atomic E-state index is 10.9. The number of amides is 1. The van der Waals surface area contributed by atoms with Gasteiger partial charge < -0.3 is 15.8 Å². The summed E-state index contributed by atoms with van der Waals surface area (Å²) in [6.45, 7) is 0.302. The molecule has 1 aliphatic rings. The van der Waals surface area contributed by atoms with Gasteiger partial charge in [-0.2, -0.15) is 0 Å². The fraction of sp³-hybridized carbons (Fsp3) is 0.357. The van der Waals surface area contributed by atoms with E-state index in [0.29, 0.717) is 12.6 Å². The van der Waals surface area contributed by atoms with Crippen LogP contribution in [0.15, 0.2) is 24.3 Å². The standard InChI is InChI=1S/C14H16N2O2/c15-10-14(17)16-8-2-4-11-3-1-5-13(9-11)18-12-6-7-12/h1,3,5,9,12H,6-8,10,15H2,(H,16,17). The Labute approximate surface area is 107 Å². The number of carbonyl (C=O) groups excluding carboxylic acids is 1. The highest BCUT2D eigenvalue weighted by Gasteiger charge is 2.23. The Morgan fingerprint density at radius 2 is 2.33 bits per heavy atom. The van der Waals surface area contributed by atoms with Crippen molar-refractivity contribution >= 4 is 5.91 Å². The molecule has 2 rings (SSSR count). The van der Waals surface area contributed by atoms with E-state index in [4.69, 9.17) is 10.5 Å².